The third-order valence-corrected chi connectivity index (χ3v) is 4.76. The van der Waals surface area contributed by atoms with Crippen molar-refractivity contribution in [3.8, 4) is 11.5 Å². The van der Waals surface area contributed by atoms with Crippen LogP contribution < -0.4 is 14.8 Å². The van der Waals surface area contributed by atoms with E-state index in [1.54, 1.807) is 44.4 Å². The van der Waals surface area contributed by atoms with Crippen molar-refractivity contribution in [2.24, 2.45) is 0 Å². The number of halogens is 2. The number of esters is 1. The summed E-state index contributed by atoms with van der Waals surface area (Å²) in [5.74, 6) is 0.286. The number of hydrogen-bond donors (Lipinski definition) is 1. The molecule has 0 amide bonds. The Labute approximate surface area is 185 Å². The van der Waals surface area contributed by atoms with Crippen molar-refractivity contribution in [1.82, 2.24) is 0 Å². The summed E-state index contributed by atoms with van der Waals surface area (Å²) in [6, 6.07) is 16.7. The van der Waals surface area contributed by atoms with Crippen LogP contribution in [0.2, 0.25) is 5.02 Å². The molecule has 1 N–H and O–H groups in total. The molecule has 31 heavy (non-hydrogen) atoms. The summed E-state index contributed by atoms with van der Waals surface area (Å²) in [5, 5.41) is 3.69. The Morgan fingerprint density at radius 2 is 1.74 bits per heavy atom. The number of hydrogen-bond acceptors (Lipinski definition) is 5. The summed E-state index contributed by atoms with van der Waals surface area (Å²) in [7, 11) is 1.54. The second-order valence-electron chi connectivity index (χ2n) is 6.68. The molecule has 0 spiro atoms. The first kappa shape index (κ1) is 22.4. The standard InChI is InChI=1S/C24H23ClFNO4/c1-3-30-24(28)18-6-10-20(11-7-18)27-14-17-12-21(25)23(22(13-17)29-2)31-15-16-4-8-19(26)9-5-16/h4-13,27H,3,14-15H2,1-2H3. The van der Waals surface area contributed by atoms with Gasteiger partial charge in [-0.05, 0) is 66.6 Å². The first-order valence-corrected chi connectivity index (χ1v) is 10.1. The lowest BCUT2D eigenvalue weighted by Crippen LogP contribution is -2.05. The molecule has 0 unspecified atom stereocenters. The Hall–Kier alpha value is -3.25. The molecule has 0 saturated carbocycles. The molecule has 0 aliphatic rings. The van der Waals surface area contributed by atoms with Crippen LogP contribution in [-0.4, -0.2) is 19.7 Å². The van der Waals surface area contributed by atoms with E-state index < -0.39 is 0 Å². The molecule has 0 heterocycles. The molecule has 0 fully saturated rings. The Kier molecular flexibility index (Phi) is 7.73. The molecular weight excluding hydrogens is 421 g/mol. The lowest BCUT2D eigenvalue weighted by Gasteiger charge is -2.15. The minimum atomic E-state index is -0.346. The van der Waals surface area contributed by atoms with Gasteiger partial charge in [-0.3, -0.25) is 0 Å². The predicted molar refractivity (Wildman–Crippen MR) is 118 cm³/mol. The normalized spacial score (nSPS) is 10.5. The lowest BCUT2D eigenvalue weighted by atomic mass is 10.1. The Morgan fingerprint density at radius 3 is 2.39 bits per heavy atom. The van der Waals surface area contributed by atoms with Gasteiger partial charge in [0.15, 0.2) is 11.5 Å². The van der Waals surface area contributed by atoms with Gasteiger partial charge in [-0.25, -0.2) is 9.18 Å². The van der Waals surface area contributed by atoms with Crippen LogP contribution in [0.25, 0.3) is 0 Å². The van der Waals surface area contributed by atoms with E-state index in [2.05, 4.69) is 5.32 Å². The number of ether oxygens (including phenoxy) is 3. The second kappa shape index (κ2) is 10.7. The van der Waals surface area contributed by atoms with Gasteiger partial charge in [0.05, 0.1) is 24.3 Å². The van der Waals surface area contributed by atoms with Gasteiger partial charge in [0.1, 0.15) is 12.4 Å². The van der Waals surface area contributed by atoms with E-state index in [-0.39, 0.29) is 18.4 Å². The number of anilines is 1. The fourth-order valence-corrected chi connectivity index (χ4v) is 3.18. The fraction of sp³-hybridized carbons (Fsp3) is 0.208. The van der Waals surface area contributed by atoms with Crippen LogP contribution in [0.5, 0.6) is 11.5 Å². The minimum Gasteiger partial charge on any atom is -0.493 e. The van der Waals surface area contributed by atoms with Crippen LogP contribution in [0.3, 0.4) is 0 Å². The maximum atomic E-state index is 13.1. The van der Waals surface area contributed by atoms with Gasteiger partial charge in [0, 0.05) is 12.2 Å². The van der Waals surface area contributed by atoms with Gasteiger partial charge in [0.25, 0.3) is 0 Å². The molecule has 0 bridgehead atoms. The molecule has 3 aromatic rings. The average molecular weight is 444 g/mol. The highest BCUT2D eigenvalue weighted by Crippen LogP contribution is 2.37. The molecule has 162 valence electrons. The lowest BCUT2D eigenvalue weighted by molar-refractivity contribution is 0.0526. The maximum absolute atomic E-state index is 13.1. The van der Waals surface area contributed by atoms with Gasteiger partial charge in [-0.1, -0.05) is 23.7 Å². The molecule has 0 atom stereocenters. The molecule has 0 saturated heterocycles. The van der Waals surface area contributed by atoms with Crippen molar-refractivity contribution in [3.63, 3.8) is 0 Å². The molecule has 7 heteroatoms. The van der Waals surface area contributed by atoms with Crippen LogP contribution in [0, 0.1) is 5.82 Å². The zero-order chi connectivity index (χ0) is 22.2. The van der Waals surface area contributed by atoms with Gasteiger partial charge in [0.2, 0.25) is 0 Å². The van der Waals surface area contributed by atoms with E-state index >= 15 is 0 Å². The molecule has 3 rings (SSSR count). The first-order chi connectivity index (χ1) is 15.0. The van der Waals surface area contributed by atoms with Gasteiger partial charge in [-0.2, -0.15) is 0 Å². The summed E-state index contributed by atoms with van der Waals surface area (Å²) >= 11 is 6.43. The van der Waals surface area contributed by atoms with E-state index in [0.29, 0.717) is 35.2 Å². The van der Waals surface area contributed by atoms with E-state index in [9.17, 15) is 9.18 Å². The van der Waals surface area contributed by atoms with Gasteiger partial charge in [-0.15, -0.1) is 0 Å². The number of nitrogens with one attached hydrogen (secondary N) is 1. The quantitative estimate of drug-likeness (QED) is 0.420. The Balaban J connectivity index is 1.65. The van der Waals surface area contributed by atoms with E-state index in [4.69, 9.17) is 25.8 Å². The molecule has 0 radical (unpaired) electrons. The minimum absolute atomic E-state index is 0.237. The highest BCUT2D eigenvalue weighted by atomic mass is 35.5. The van der Waals surface area contributed by atoms with Crippen LogP contribution in [0.15, 0.2) is 60.7 Å². The highest BCUT2D eigenvalue weighted by Gasteiger charge is 2.13. The number of carbonyl (C=O) groups excluding carboxylic acids is 1. The summed E-state index contributed by atoms with van der Waals surface area (Å²) < 4.78 is 29.3. The van der Waals surface area contributed by atoms with Crippen molar-refractivity contribution in [3.05, 3.63) is 88.2 Å². The third-order valence-electron chi connectivity index (χ3n) is 4.48. The Morgan fingerprint density at radius 1 is 1.03 bits per heavy atom. The average Bonchev–Trinajstić information content (AvgIpc) is 2.78. The van der Waals surface area contributed by atoms with Crippen LogP contribution in [0.4, 0.5) is 10.1 Å². The smallest absolute Gasteiger partial charge is 0.338 e. The zero-order valence-corrected chi connectivity index (χ0v) is 18.0. The Bertz CT molecular complexity index is 1020. The third kappa shape index (κ3) is 6.12. The summed E-state index contributed by atoms with van der Waals surface area (Å²) in [6.45, 7) is 2.84. The zero-order valence-electron chi connectivity index (χ0n) is 17.3. The topological polar surface area (TPSA) is 56.8 Å². The summed E-state index contributed by atoms with van der Waals surface area (Å²) in [6.07, 6.45) is 0. The maximum Gasteiger partial charge on any atom is 0.338 e. The van der Waals surface area contributed by atoms with Crippen LogP contribution in [0.1, 0.15) is 28.4 Å². The van der Waals surface area contributed by atoms with Crippen molar-refractivity contribution in [2.45, 2.75) is 20.1 Å². The largest absolute Gasteiger partial charge is 0.493 e. The number of methoxy groups -OCH3 is 1. The van der Waals surface area contributed by atoms with Crippen molar-refractivity contribution in [2.75, 3.05) is 19.0 Å². The van der Waals surface area contributed by atoms with Gasteiger partial charge >= 0.3 is 5.97 Å². The monoisotopic (exact) mass is 443 g/mol. The van der Waals surface area contributed by atoms with Gasteiger partial charge < -0.3 is 19.5 Å². The van der Waals surface area contributed by atoms with Crippen LogP contribution in [-0.2, 0) is 17.9 Å². The van der Waals surface area contributed by atoms with Crippen molar-refractivity contribution in [1.29, 1.82) is 0 Å². The molecule has 0 aliphatic heterocycles. The predicted octanol–water partition coefficient (Wildman–Crippen LogP) is 5.86. The molecule has 3 aromatic carbocycles. The van der Waals surface area contributed by atoms with Crippen molar-refractivity contribution < 1.29 is 23.4 Å². The molecule has 0 aromatic heterocycles. The van der Waals surface area contributed by atoms with E-state index in [1.807, 2.05) is 18.2 Å². The SMILES string of the molecule is CCOC(=O)c1ccc(NCc2cc(Cl)c(OCc3ccc(F)cc3)c(OC)c2)cc1. The summed E-state index contributed by atoms with van der Waals surface area (Å²) in [5.41, 5.74) is 3.06. The molecular formula is C24H23ClFNO4. The van der Waals surface area contributed by atoms with E-state index in [0.717, 1.165) is 16.8 Å². The number of carbonyl (C=O) groups is 1. The first-order valence-electron chi connectivity index (χ1n) is 9.75. The van der Waals surface area contributed by atoms with Crippen molar-refractivity contribution >= 4 is 23.3 Å². The second-order valence-corrected chi connectivity index (χ2v) is 7.08. The fourth-order valence-electron chi connectivity index (χ4n) is 2.89. The van der Waals surface area contributed by atoms with Crippen LogP contribution >= 0.6 is 11.6 Å². The number of rotatable bonds is 9. The molecule has 5 nitrogen and oxygen atoms in total. The number of benzene rings is 3. The van der Waals surface area contributed by atoms with E-state index in [1.165, 1.54) is 12.1 Å². The highest BCUT2D eigenvalue weighted by molar-refractivity contribution is 6.32. The summed E-state index contributed by atoms with van der Waals surface area (Å²) in [4.78, 5) is 11.7. The molecule has 0 aliphatic carbocycles.